The van der Waals surface area contributed by atoms with Crippen LogP contribution in [0.1, 0.15) is 27.2 Å². The molecule has 1 amide bonds. The second-order valence-electron chi connectivity index (χ2n) is 3.90. The lowest BCUT2D eigenvalue weighted by molar-refractivity contribution is -0.133. The summed E-state index contributed by atoms with van der Waals surface area (Å²) in [6.45, 7) is 11.9. The minimum Gasteiger partial charge on any atom is -0.478 e. The van der Waals surface area contributed by atoms with E-state index in [2.05, 4.69) is 23.2 Å². The van der Waals surface area contributed by atoms with Gasteiger partial charge in [-0.3, -0.25) is 0 Å². The summed E-state index contributed by atoms with van der Waals surface area (Å²) >= 11 is 0. The smallest absolute Gasteiger partial charge is 0.407 e. The number of carboxylic acids is 2. The van der Waals surface area contributed by atoms with E-state index in [1.165, 1.54) is 13.8 Å². The van der Waals surface area contributed by atoms with Crippen LogP contribution in [0.15, 0.2) is 24.3 Å². The Morgan fingerprint density at radius 2 is 1.41 bits per heavy atom. The number of aliphatic hydroxyl groups is 1. The molecule has 0 spiro atoms. The number of alkyl carbamates (subject to hydrolysis) is 1. The first-order valence-corrected chi connectivity index (χ1v) is 6.39. The average Bonchev–Trinajstić information content (AvgIpc) is 2.40. The Bertz CT molecular complexity index is 329. The number of carbonyl (C=O) groups excluding carboxylic acids is 1. The molecule has 0 aromatic rings. The Kier molecular flexibility index (Phi) is 18.7. The van der Waals surface area contributed by atoms with E-state index in [9.17, 15) is 14.4 Å². The number of amides is 1. The predicted octanol–water partition coefficient (Wildman–Crippen LogP) is 1.41. The Hall–Kier alpha value is -2.35. The van der Waals surface area contributed by atoms with Gasteiger partial charge < -0.3 is 25.4 Å². The topological polar surface area (TPSA) is 133 Å². The highest BCUT2D eigenvalue weighted by molar-refractivity contribution is 5.85. The molecule has 0 heterocycles. The number of ether oxygens (including phenoxy) is 1. The van der Waals surface area contributed by atoms with Gasteiger partial charge in [-0.05, 0) is 27.2 Å². The molecule has 0 aromatic carbocycles. The van der Waals surface area contributed by atoms with Gasteiger partial charge in [0.15, 0.2) is 0 Å². The Labute approximate surface area is 130 Å². The van der Waals surface area contributed by atoms with Crippen molar-refractivity contribution in [3.63, 3.8) is 0 Å². The van der Waals surface area contributed by atoms with Gasteiger partial charge in [-0.25, -0.2) is 14.4 Å². The van der Waals surface area contributed by atoms with Crippen LogP contribution in [0.2, 0.25) is 0 Å². The standard InChI is InChI=1S/C6H13NO3.2C4H6O2/c1-2-10-6(9)7-4-3-5-8;2*1-3(2)4(5)6/h8H,2-5H2,1H3,(H,7,9);2*1H2,2H3,(H,5,6). The monoisotopic (exact) mass is 319 g/mol. The molecular weight excluding hydrogens is 294 g/mol. The Balaban J connectivity index is -0.000000261. The normalized spacial score (nSPS) is 8.18. The van der Waals surface area contributed by atoms with Crippen LogP contribution in [-0.2, 0) is 14.3 Å². The predicted molar refractivity (Wildman–Crippen MR) is 81.6 cm³/mol. The van der Waals surface area contributed by atoms with Gasteiger partial charge in [-0.1, -0.05) is 13.2 Å². The first-order chi connectivity index (χ1) is 10.1. The highest BCUT2D eigenvalue weighted by Gasteiger charge is 1.96. The molecular formula is C14H25NO7. The number of rotatable bonds is 6. The van der Waals surface area contributed by atoms with Gasteiger partial charge in [-0.15, -0.1) is 0 Å². The summed E-state index contributed by atoms with van der Waals surface area (Å²) in [6.07, 6.45) is 0.148. The largest absolute Gasteiger partial charge is 0.478 e. The number of nitrogens with one attached hydrogen (secondary N) is 1. The molecule has 0 aliphatic rings. The van der Waals surface area contributed by atoms with Gasteiger partial charge >= 0.3 is 18.0 Å². The van der Waals surface area contributed by atoms with Crippen molar-refractivity contribution in [3.8, 4) is 0 Å². The van der Waals surface area contributed by atoms with Gasteiger partial charge in [0.1, 0.15) is 0 Å². The van der Waals surface area contributed by atoms with Gasteiger partial charge in [0.05, 0.1) is 6.61 Å². The fourth-order valence-corrected chi connectivity index (χ4v) is 0.452. The van der Waals surface area contributed by atoms with E-state index in [4.69, 9.17) is 15.3 Å². The molecule has 128 valence electrons. The van der Waals surface area contributed by atoms with Crippen LogP contribution >= 0.6 is 0 Å². The number of carboxylic acid groups (broad SMARTS) is 2. The van der Waals surface area contributed by atoms with E-state index in [-0.39, 0.29) is 17.8 Å². The summed E-state index contributed by atoms with van der Waals surface area (Å²) in [5.74, 6) is -1.87. The average molecular weight is 319 g/mol. The van der Waals surface area contributed by atoms with Crippen LogP contribution in [0.4, 0.5) is 4.79 Å². The van der Waals surface area contributed by atoms with Crippen molar-refractivity contribution in [3.05, 3.63) is 24.3 Å². The van der Waals surface area contributed by atoms with Crippen molar-refractivity contribution in [2.75, 3.05) is 19.8 Å². The molecule has 0 saturated heterocycles. The SMILES string of the molecule is C=C(C)C(=O)O.C=C(C)C(=O)O.CCOC(=O)NCCCO. The molecule has 0 fully saturated rings. The number of hydrogen-bond acceptors (Lipinski definition) is 5. The third-order valence-electron chi connectivity index (χ3n) is 1.61. The van der Waals surface area contributed by atoms with Crippen molar-refractivity contribution in [2.45, 2.75) is 27.2 Å². The van der Waals surface area contributed by atoms with E-state index in [1.54, 1.807) is 6.92 Å². The zero-order chi connectivity index (χ0) is 18.1. The van der Waals surface area contributed by atoms with Gasteiger partial charge in [0.25, 0.3) is 0 Å². The quantitative estimate of drug-likeness (QED) is 0.429. The van der Waals surface area contributed by atoms with E-state index in [1.807, 2.05) is 0 Å². The molecule has 22 heavy (non-hydrogen) atoms. The summed E-state index contributed by atoms with van der Waals surface area (Å²) in [7, 11) is 0. The van der Waals surface area contributed by atoms with Crippen LogP contribution in [0, 0.1) is 0 Å². The van der Waals surface area contributed by atoms with Crippen molar-refractivity contribution in [1.29, 1.82) is 0 Å². The zero-order valence-corrected chi connectivity index (χ0v) is 13.2. The van der Waals surface area contributed by atoms with Crippen molar-refractivity contribution in [1.82, 2.24) is 5.32 Å². The van der Waals surface area contributed by atoms with Crippen LogP contribution in [-0.4, -0.2) is 53.1 Å². The maximum absolute atomic E-state index is 10.5. The van der Waals surface area contributed by atoms with Crippen molar-refractivity contribution >= 4 is 18.0 Å². The zero-order valence-electron chi connectivity index (χ0n) is 13.2. The highest BCUT2D eigenvalue weighted by Crippen LogP contribution is 1.81. The Morgan fingerprint density at radius 3 is 1.64 bits per heavy atom. The van der Waals surface area contributed by atoms with E-state index in [0.29, 0.717) is 19.6 Å². The summed E-state index contributed by atoms with van der Waals surface area (Å²) in [5, 5.41) is 26.6. The molecule has 0 aliphatic carbocycles. The molecule has 8 nitrogen and oxygen atoms in total. The summed E-state index contributed by atoms with van der Waals surface area (Å²) < 4.78 is 4.56. The molecule has 0 bridgehead atoms. The Morgan fingerprint density at radius 1 is 1.05 bits per heavy atom. The lowest BCUT2D eigenvalue weighted by Gasteiger charge is -2.02. The van der Waals surface area contributed by atoms with Crippen molar-refractivity contribution in [2.24, 2.45) is 0 Å². The van der Waals surface area contributed by atoms with Crippen LogP contribution in [0.3, 0.4) is 0 Å². The van der Waals surface area contributed by atoms with Crippen molar-refractivity contribution < 1.29 is 34.4 Å². The van der Waals surface area contributed by atoms with E-state index >= 15 is 0 Å². The molecule has 0 radical (unpaired) electrons. The molecule has 4 N–H and O–H groups in total. The second kappa shape index (κ2) is 16.7. The molecule has 0 aliphatic heterocycles. The maximum Gasteiger partial charge on any atom is 0.407 e. The number of aliphatic carboxylic acids is 2. The third-order valence-corrected chi connectivity index (χ3v) is 1.61. The first-order valence-electron chi connectivity index (χ1n) is 6.39. The lowest BCUT2D eigenvalue weighted by atomic mass is 10.4. The van der Waals surface area contributed by atoms with Gasteiger partial charge in [0, 0.05) is 24.3 Å². The first kappa shape index (κ1) is 24.7. The minimum atomic E-state index is -0.935. The van der Waals surface area contributed by atoms with E-state index in [0.717, 1.165) is 0 Å². The van der Waals surface area contributed by atoms with Gasteiger partial charge in [0.2, 0.25) is 0 Å². The fraction of sp³-hybridized carbons (Fsp3) is 0.500. The van der Waals surface area contributed by atoms with Gasteiger partial charge in [-0.2, -0.15) is 0 Å². The lowest BCUT2D eigenvalue weighted by Crippen LogP contribution is -2.25. The summed E-state index contributed by atoms with van der Waals surface area (Å²) in [6, 6.07) is 0. The summed E-state index contributed by atoms with van der Waals surface area (Å²) in [4.78, 5) is 29.7. The van der Waals surface area contributed by atoms with Crippen LogP contribution in [0.25, 0.3) is 0 Å². The molecule has 0 unspecified atom stereocenters. The van der Waals surface area contributed by atoms with E-state index < -0.39 is 18.0 Å². The molecule has 8 heteroatoms. The molecule has 0 saturated carbocycles. The summed E-state index contributed by atoms with van der Waals surface area (Å²) in [5.41, 5.74) is 0.352. The fourth-order valence-electron chi connectivity index (χ4n) is 0.452. The molecule has 0 atom stereocenters. The minimum absolute atomic E-state index is 0.0897. The number of aliphatic hydroxyl groups excluding tert-OH is 1. The number of carbonyl (C=O) groups is 3. The third kappa shape index (κ3) is 26.3. The maximum atomic E-state index is 10.5. The second-order valence-corrected chi connectivity index (χ2v) is 3.90. The molecule has 0 aromatic heterocycles. The van der Waals surface area contributed by atoms with Crippen LogP contribution < -0.4 is 5.32 Å². The highest BCUT2D eigenvalue weighted by atomic mass is 16.5. The molecule has 0 rings (SSSR count). The van der Waals surface area contributed by atoms with Crippen LogP contribution in [0.5, 0.6) is 0 Å². The number of hydrogen-bond donors (Lipinski definition) is 4.